The Morgan fingerprint density at radius 2 is 1.43 bits per heavy atom. The lowest BCUT2D eigenvalue weighted by atomic mass is 10.1. The molecule has 0 aliphatic heterocycles. The summed E-state index contributed by atoms with van der Waals surface area (Å²) in [5.41, 5.74) is 8.10. The van der Waals surface area contributed by atoms with Crippen LogP contribution in [0.25, 0.3) is 10.9 Å². The van der Waals surface area contributed by atoms with E-state index in [0.717, 1.165) is 22.3 Å². The Morgan fingerprint density at radius 3 is 2.14 bits per heavy atom. The number of nitrogens with zero attached hydrogens (tertiary/aromatic N) is 1. The van der Waals surface area contributed by atoms with Gasteiger partial charge in [-0.2, -0.15) is 0 Å². The second-order valence-corrected chi connectivity index (χ2v) is 8.87. The second kappa shape index (κ2) is 9.64. The molecule has 0 aliphatic carbocycles. The second-order valence-electron chi connectivity index (χ2n) is 8.43. The van der Waals surface area contributed by atoms with Gasteiger partial charge in [-0.1, -0.05) is 41.9 Å². The van der Waals surface area contributed by atoms with E-state index in [0.29, 0.717) is 27.3 Å². The quantitative estimate of drug-likeness (QED) is 0.332. The van der Waals surface area contributed by atoms with Crippen LogP contribution in [0.4, 0.5) is 11.4 Å². The van der Waals surface area contributed by atoms with Crippen molar-refractivity contribution in [3.63, 3.8) is 0 Å². The molecule has 0 radical (unpaired) electrons. The largest absolute Gasteiger partial charge is 0.328 e. The number of carbonyl (C=O) groups is 3. The number of hydrogen-bond donors (Lipinski definition) is 3. The maximum Gasteiger partial charge on any atom is 0.328 e. The molecule has 3 N–H and O–H groups in total. The van der Waals surface area contributed by atoms with Crippen molar-refractivity contribution in [3.8, 4) is 0 Å². The highest BCUT2D eigenvalue weighted by atomic mass is 35.5. The Balaban J connectivity index is 1.66. The van der Waals surface area contributed by atoms with E-state index in [4.69, 9.17) is 11.6 Å². The highest BCUT2D eigenvalue weighted by Crippen LogP contribution is 2.25. The fourth-order valence-corrected chi connectivity index (χ4v) is 4.06. The predicted octanol–water partition coefficient (Wildman–Crippen LogP) is 5.49. The zero-order valence-electron chi connectivity index (χ0n) is 19.8. The lowest BCUT2D eigenvalue weighted by Crippen LogP contribution is -2.36. The Morgan fingerprint density at radius 1 is 0.771 bits per heavy atom. The molecular formula is C27H25ClN4O3. The molecule has 1 aromatic heterocycles. The molecule has 3 aromatic carbocycles. The molecule has 4 aromatic rings. The van der Waals surface area contributed by atoms with E-state index >= 15 is 0 Å². The first kappa shape index (κ1) is 24.0. The van der Waals surface area contributed by atoms with Gasteiger partial charge in [0.15, 0.2) is 0 Å². The molecule has 0 saturated carbocycles. The summed E-state index contributed by atoms with van der Waals surface area (Å²) in [4.78, 5) is 38.9. The number of aryl methyl sites for hydroxylation is 3. The third kappa shape index (κ3) is 4.90. The van der Waals surface area contributed by atoms with Crippen LogP contribution in [0, 0.1) is 27.7 Å². The Kier molecular flexibility index (Phi) is 6.62. The van der Waals surface area contributed by atoms with Gasteiger partial charge in [0.25, 0.3) is 5.91 Å². The summed E-state index contributed by atoms with van der Waals surface area (Å²) in [6.45, 7) is 7.57. The number of nitrogens with one attached hydrogen (secondary N) is 3. The topological polar surface area (TPSA) is 92.2 Å². The molecule has 0 saturated heterocycles. The third-order valence-electron chi connectivity index (χ3n) is 5.99. The molecule has 0 bridgehead atoms. The number of para-hydroxylation sites is 1. The van der Waals surface area contributed by atoms with E-state index < -0.39 is 17.7 Å². The fraction of sp³-hybridized carbons (Fsp3) is 0.148. The van der Waals surface area contributed by atoms with E-state index in [1.54, 1.807) is 30.3 Å². The zero-order chi connectivity index (χ0) is 25.3. The van der Waals surface area contributed by atoms with Crippen molar-refractivity contribution >= 4 is 51.6 Å². The highest BCUT2D eigenvalue weighted by molar-refractivity contribution is 6.42. The zero-order valence-corrected chi connectivity index (χ0v) is 20.6. The van der Waals surface area contributed by atoms with Gasteiger partial charge in [0.05, 0.1) is 5.52 Å². The average molecular weight is 489 g/mol. The summed E-state index contributed by atoms with van der Waals surface area (Å²) in [5.74, 6) is -2.21. The molecule has 0 spiro atoms. The summed E-state index contributed by atoms with van der Waals surface area (Å²) in [5, 5.41) is 6.68. The predicted molar refractivity (Wildman–Crippen MR) is 140 cm³/mol. The van der Waals surface area contributed by atoms with Gasteiger partial charge in [-0.3, -0.25) is 19.8 Å². The maximum absolute atomic E-state index is 13.3. The van der Waals surface area contributed by atoms with Gasteiger partial charge in [-0.25, -0.2) is 4.68 Å². The lowest BCUT2D eigenvalue weighted by Gasteiger charge is -2.15. The summed E-state index contributed by atoms with van der Waals surface area (Å²) in [7, 11) is 0. The normalized spacial score (nSPS) is 10.8. The van der Waals surface area contributed by atoms with Crippen molar-refractivity contribution in [2.45, 2.75) is 27.7 Å². The van der Waals surface area contributed by atoms with Crippen LogP contribution in [0.1, 0.15) is 32.7 Å². The van der Waals surface area contributed by atoms with Gasteiger partial charge in [0.1, 0.15) is 5.69 Å². The first-order valence-corrected chi connectivity index (χ1v) is 11.4. The molecule has 4 rings (SSSR count). The molecule has 35 heavy (non-hydrogen) atoms. The van der Waals surface area contributed by atoms with Gasteiger partial charge in [0, 0.05) is 21.8 Å². The summed E-state index contributed by atoms with van der Waals surface area (Å²) < 4.78 is 1.30. The molecule has 0 atom stereocenters. The summed E-state index contributed by atoms with van der Waals surface area (Å²) in [6.07, 6.45) is 0. The molecular weight excluding hydrogens is 464 g/mol. The van der Waals surface area contributed by atoms with Crippen LogP contribution in [0.2, 0.25) is 5.02 Å². The number of rotatable bonds is 4. The number of amides is 3. The van der Waals surface area contributed by atoms with Crippen LogP contribution in [-0.4, -0.2) is 22.4 Å². The van der Waals surface area contributed by atoms with Crippen molar-refractivity contribution < 1.29 is 14.4 Å². The van der Waals surface area contributed by atoms with Gasteiger partial charge in [-0.05, 0) is 80.3 Å². The van der Waals surface area contributed by atoms with Crippen LogP contribution in [0.3, 0.4) is 0 Å². The van der Waals surface area contributed by atoms with Crippen LogP contribution in [0.15, 0.2) is 60.7 Å². The molecule has 8 heteroatoms. The molecule has 1 heterocycles. The number of benzene rings is 3. The van der Waals surface area contributed by atoms with Crippen molar-refractivity contribution in [1.82, 2.24) is 4.68 Å². The van der Waals surface area contributed by atoms with E-state index in [1.165, 1.54) is 4.68 Å². The summed E-state index contributed by atoms with van der Waals surface area (Å²) >= 11 is 6.14. The molecule has 0 unspecified atom stereocenters. The minimum absolute atomic E-state index is 0.149. The van der Waals surface area contributed by atoms with Crippen molar-refractivity contribution in [2.75, 3.05) is 16.1 Å². The number of fused-ring (bicyclic) bond motifs is 1. The van der Waals surface area contributed by atoms with Gasteiger partial charge < -0.3 is 10.6 Å². The van der Waals surface area contributed by atoms with Crippen molar-refractivity contribution in [3.05, 3.63) is 93.6 Å². The minimum Gasteiger partial charge on any atom is -0.320 e. The monoisotopic (exact) mass is 488 g/mol. The van der Waals surface area contributed by atoms with E-state index in [-0.39, 0.29) is 5.69 Å². The van der Waals surface area contributed by atoms with Crippen LogP contribution in [0.5, 0.6) is 0 Å². The third-order valence-corrected chi connectivity index (χ3v) is 6.22. The smallest absolute Gasteiger partial charge is 0.320 e. The van der Waals surface area contributed by atoms with E-state index in [2.05, 4.69) is 16.1 Å². The molecule has 0 aliphatic rings. The number of hydrogen-bond acceptors (Lipinski definition) is 3. The van der Waals surface area contributed by atoms with Crippen LogP contribution >= 0.6 is 11.6 Å². The van der Waals surface area contributed by atoms with E-state index in [1.807, 2.05) is 58.0 Å². The Labute approximate surface area is 208 Å². The SMILES string of the molecule is Cc1cccc(NC(=O)c2cc3cc(Cl)ccc3n2NC(=O)C(=O)Nc2c(C)cccc2C)c1C. The van der Waals surface area contributed by atoms with Crippen molar-refractivity contribution in [2.24, 2.45) is 0 Å². The number of aromatic nitrogens is 1. The van der Waals surface area contributed by atoms with Crippen molar-refractivity contribution in [1.29, 1.82) is 0 Å². The molecule has 7 nitrogen and oxygen atoms in total. The van der Waals surface area contributed by atoms with Gasteiger partial charge in [-0.15, -0.1) is 0 Å². The van der Waals surface area contributed by atoms with Crippen LogP contribution < -0.4 is 16.1 Å². The number of anilines is 2. The Bertz CT molecular complexity index is 1470. The van der Waals surface area contributed by atoms with Crippen LogP contribution in [-0.2, 0) is 9.59 Å². The first-order chi connectivity index (χ1) is 16.7. The Hall–Kier alpha value is -4.10. The number of halogens is 1. The van der Waals surface area contributed by atoms with E-state index in [9.17, 15) is 14.4 Å². The number of carbonyl (C=O) groups excluding carboxylic acids is 3. The fourth-order valence-electron chi connectivity index (χ4n) is 3.88. The maximum atomic E-state index is 13.3. The van der Waals surface area contributed by atoms with Gasteiger partial charge in [0.2, 0.25) is 0 Å². The average Bonchev–Trinajstić information content (AvgIpc) is 3.16. The van der Waals surface area contributed by atoms with Gasteiger partial charge >= 0.3 is 11.8 Å². The highest BCUT2D eigenvalue weighted by Gasteiger charge is 2.22. The minimum atomic E-state index is -0.916. The standard InChI is InChI=1S/C27H25ClN4O3/c1-15-7-6-10-21(18(15)4)29-25(33)23-14-19-13-20(28)11-12-22(19)32(23)31-27(35)26(34)30-24-16(2)8-5-9-17(24)3/h5-14H,1-4H3,(H,29,33)(H,30,34)(H,31,35). The summed E-state index contributed by atoms with van der Waals surface area (Å²) in [6, 6.07) is 17.8. The first-order valence-electron chi connectivity index (χ1n) is 11.0. The molecule has 3 amide bonds. The lowest BCUT2D eigenvalue weighted by molar-refractivity contribution is -0.133. The molecule has 178 valence electrons. The molecule has 0 fully saturated rings.